The molecule has 100 valence electrons. The summed E-state index contributed by atoms with van der Waals surface area (Å²) in [5.41, 5.74) is 0. The summed E-state index contributed by atoms with van der Waals surface area (Å²) < 4.78 is 0. The molecule has 1 N–H and O–H groups in total. The van der Waals surface area contributed by atoms with Crippen LogP contribution in [0.4, 0.5) is 4.79 Å². The van der Waals surface area contributed by atoms with Crippen LogP contribution in [0.5, 0.6) is 0 Å². The molecule has 0 fully saturated rings. The van der Waals surface area contributed by atoms with Crippen LogP contribution in [-0.2, 0) is 6.54 Å². The highest BCUT2D eigenvalue weighted by molar-refractivity contribution is 7.09. The number of thiophene rings is 1. The summed E-state index contributed by atoms with van der Waals surface area (Å²) in [5, 5.41) is 4.99. The molecule has 1 heterocycles. The Bertz CT molecular complexity index is 349. The highest BCUT2D eigenvalue weighted by Crippen LogP contribution is 2.11. The number of hydrogen-bond acceptors (Lipinski definition) is 2. The lowest BCUT2D eigenvalue weighted by Gasteiger charge is -2.21. The van der Waals surface area contributed by atoms with Gasteiger partial charge in [-0.25, -0.2) is 4.79 Å². The number of hydrogen-bond donors (Lipinski definition) is 1. The molecule has 18 heavy (non-hydrogen) atoms. The molecule has 0 aliphatic rings. The van der Waals surface area contributed by atoms with Gasteiger partial charge in [0.05, 0.1) is 6.54 Å². The van der Waals surface area contributed by atoms with Crippen LogP contribution in [0.2, 0.25) is 0 Å². The van der Waals surface area contributed by atoms with Gasteiger partial charge in [-0.3, -0.25) is 0 Å². The zero-order valence-corrected chi connectivity index (χ0v) is 11.8. The van der Waals surface area contributed by atoms with E-state index in [4.69, 9.17) is 0 Å². The maximum Gasteiger partial charge on any atom is 0.318 e. The van der Waals surface area contributed by atoms with E-state index in [0.717, 1.165) is 19.4 Å². The minimum Gasteiger partial charge on any atom is -0.338 e. The fourth-order valence-corrected chi connectivity index (χ4v) is 2.37. The van der Waals surface area contributed by atoms with Gasteiger partial charge in [0.1, 0.15) is 0 Å². The van der Waals surface area contributed by atoms with E-state index < -0.39 is 0 Å². The van der Waals surface area contributed by atoms with Gasteiger partial charge in [-0.05, 0) is 17.9 Å². The van der Waals surface area contributed by atoms with Crippen LogP contribution in [-0.4, -0.2) is 24.0 Å². The number of carbonyl (C=O) groups excluding carboxylic acids is 1. The molecular weight excluding hydrogens is 244 g/mol. The number of amides is 2. The van der Waals surface area contributed by atoms with E-state index in [1.54, 1.807) is 22.3 Å². The molecule has 0 aliphatic carbocycles. The lowest BCUT2D eigenvalue weighted by Crippen LogP contribution is -2.39. The number of urea groups is 1. The summed E-state index contributed by atoms with van der Waals surface area (Å²) in [5.74, 6) is 0. The lowest BCUT2D eigenvalue weighted by molar-refractivity contribution is 0.201. The van der Waals surface area contributed by atoms with Gasteiger partial charge in [-0.15, -0.1) is 17.9 Å². The molecule has 1 aromatic heterocycles. The van der Waals surface area contributed by atoms with Gasteiger partial charge in [0, 0.05) is 18.0 Å². The first-order chi connectivity index (χ1) is 8.77. The number of nitrogens with zero attached hydrogens (tertiary/aromatic N) is 1. The summed E-state index contributed by atoms with van der Waals surface area (Å²) >= 11 is 1.67. The van der Waals surface area contributed by atoms with Crippen molar-refractivity contribution in [3.63, 3.8) is 0 Å². The first kappa shape index (κ1) is 14.8. The van der Waals surface area contributed by atoms with Crippen LogP contribution < -0.4 is 5.32 Å². The number of unbranched alkanes of at least 4 members (excludes halogenated alkanes) is 2. The highest BCUT2D eigenvalue weighted by Gasteiger charge is 2.12. The molecule has 0 aliphatic heterocycles. The Morgan fingerprint density at radius 1 is 1.56 bits per heavy atom. The summed E-state index contributed by atoms with van der Waals surface area (Å²) in [6, 6.07) is 4.05. The SMILES string of the molecule is C=CCN(Cc1cccs1)C(=O)NCCCCC. The standard InChI is InChI=1S/C14H22N2OS/c1-3-5-6-9-15-14(17)16(10-4-2)12-13-8-7-11-18-13/h4,7-8,11H,2-3,5-6,9-10,12H2,1H3,(H,15,17). The zero-order valence-electron chi connectivity index (χ0n) is 11.0. The van der Waals surface area contributed by atoms with Crippen molar-refractivity contribution in [2.24, 2.45) is 0 Å². The summed E-state index contributed by atoms with van der Waals surface area (Å²) in [4.78, 5) is 15.0. The Labute approximate surface area is 114 Å². The Morgan fingerprint density at radius 3 is 3.00 bits per heavy atom. The Balaban J connectivity index is 2.40. The molecule has 1 aromatic rings. The van der Waals surface area contributed by atoms with Crippen molar-refractivity contribution in [2.75, 3.05) is 13.1 Å². The van der Waals surface area contributed by atoms with Crippen LogP contribution in [0.15, 0.2) is 30.2 Å². The second kappa shape index (κ2) is 8.75. The molecule has 4 heteroatoms. The minimum atomic E-state index is -0.000553. The third kappa shape index (κ3) is 5.36. The van der Waals surface area contributed by atoms with Crippen LogP contribution in [0.3, 0.4) is 0 Å². The maximum absolute atomic E-state index is 12.0. The van der Waals surface area contributed by atoms with Crippen LogP contribution >= 0.6 is 11.3 Å². The van der Waals surface area contributed by atoms with E-state index >= 15 is 0 Å². The molecule has 0 bridgehead atoms. The summed E-state index contributed by atoms with van der Waals surface area (Å²) in [6.07, 6.45) is 5.14. The normalized spacial score (nSPS) is 10.1. The third-order valence-corrected chi connectivity index (χ3v) is 3.48. The fourth-order valence-electron chi connectivity index (χ4n) is 1.65. The van der Waals surface area contributed by atoms with E-state index in [2.05, 4.69) is 18.8 Å². The first-order valence-corrected chi connectivity index (χ1v) is 7.32. The summed E-state index contributed by atoms with van der Waals surface area (Å²) in [6.45, 7) is 7.85. The molecule has 3 nitrogen and oxygen atoms in total. The molecular formula is C14H22N2OS. The molecule has 0 saturated carbocycles. The van der Waals surface area contributed by atoms with Crippen molar-refractivity contribution in [1.29, 1.82) is 0 Å². The number of nitrogens with one attached hydrogen (secondary N) is 1. The summed E-state index contributed by atoms with van der Waals surface area (Å²) in [7, 11) is 0. The van der Waals surface area contributed by atoms with Gasteiger partial charge >= 0.3 is 6.03 Å². The Morgan fingerprint density at radius 2 is 2.39 bits per heavy atom. The predicted octanol–water partition coefficient (Wildman–Crippen LogP) is 3.64. The highest BCUT2D eigenvalue weighted by atomic mass is 32.1. The number of carbonyl (C=O) groups is 1. The maximum atomic E-state index is 12.0. The van der Waals surface area contributed by atoms with Gasteiger partial charge in [-0.1, -0.05) is 31.9 Å². The lowest BCUT2D eigenvalue weighted by atomic mass is 10.2. The van der Waals surface area contributed by atoms with Crippen molar-refractivity contribution < 1.29 is 4.79 Å². The van der Waals surface area contributed by atoms with Crippen molar-refractivity contribution in [3.8, 4) is 0 Å². The predicted molar refractivity (Wildman–Crippen MR) is 77.8 cm³/mol. The molecule has 0 radical (unpaired) electrons. The average Bonchev–Trinajstić information content (AvgIpc) is 2.87. The second-order valence-electron chi connectivity index (χ2n) is 4.19. The van der Waals surface area contributed by atoms with Gasteiger partial charge in [0.25, 0.3) is 0 Å². The number of rotatable bonds is 8. The van der Waals surface area contributed by atoms with Crippen molar-refractivity contribution in [2.45, 2.75) is 32.7 Å². The van der Waals surface area contributed by atoms with Gasteiger partial charge in [0.15, 0.2) is 0 Å². The van der Waals surface area contributed by atoms with E-state index in [0.29, 0.717) is 13.1 Å². The Hall–Kier alpha value is -1.29. The van der Waals surface area contributed by atoms with Gasteiger partial charge < -0.3 is 10.2 Å². The smallest absolute Gasteiger partial charge is 0.318 e. The van der Waals surface area contributed by atoms with Crippen molar-refractivity contribution in [3.05, 3.63) is 35.0 Å². The third-order valence-electron chi connectivity index (χ3n) is 2.62. The molecule has 0 atom stereocenters. The molecule has 2 amide bonds. The van der Waals surface area contributed by atoms with Gasteiger partial charge in [0.2, 0.25) is 0 Å². The van der Waals surface area contributed by atoms with Crippen molar-refractivity contribution >= 4 is 17.4 Å². The van der Waals surface area contributed by atoms with Crippen LogP contribution in [0, 0.1) is 0 Å². The molecule has 0 aromatic carbocycles. The molecule has 0 spiro atoms. The topological polar surface area (TPSA) is 32.3 Å². The first-order valence-electron chi connectivity index (χ1n) is 6.44. The fraction of sp³-hybridized carbons (Fsp3) is 0.500. The van der Waals surface area contributed by atoms with E-state index in [9.17, 15) is 4.79 Å². The van der Waals surface area contributed by atoms with E-state index in [-0.39, 0.29) is 6.03 Å². The monoisotopic (exact) mass is 266 g/mol. The van der Waals surface area contributed by atoms with E-state index in [1.807, 2.05) is 17.5 Å². The molecule has 0 saturated heterocycles. The van der Waals surface area contributed by atoms with Crippen LogP contribution in [0.25, 0.3) is 0 Å². The van der Waals surface area contributed by atoms with Gasteiger partial charge in [-0.2, -0.15) is 0 Å². The van der Waals surface area contributed by atoms with Crippen molar-refractivity contribution in [1.82, 2.24) is 10.2 Å². The minimum absolute atomic E-state index is 0.000553. The largest absolute Gasteiger partial charge is 0.338 e. The molecule has 1 rings (SSSR count). The molecule has 0 unspecified atom stereocenters. The average molecular weight is 266 g/mol. The zero-order chi connectivity index (χ0) is 13.2. The van der Waals surface area contributed by atoms with Crippen LogP contribution in [0.1, 0.15) is 31.1 Å². The Kier molecular flexibility index (Phi) is 7.18. The second-order valence-corrected chi connectivity index (χ2v) is 5.22. The van der Waals surface area contributed by atoms with E-state index in [1.165, 1.54) is 11.3 Å². The quantitative estimate of drug-likeness (QED) is 0.565.